The molecule has 1 aliphatic carbocycles. The van der Waals surface area contributed by atoms with Gasteiger partial charge >= 0.3 is 11.9 Å². The van der Waals surface area contributed by atoms with Gasteiger partial charge in [-0.1, -0.05) is 44.2 Å². The number of esters is 2. The summed E-state index contributed by atoms with van der Waals surface area (Å²) in [4.78, 5) is 49.6. The minimum absolute atomic E-state index is 0.0258. The Morgan fingerprint density at radius 1 is 1.05 bits per heavy atom. The lowest BCUT2D eigenvalue weighted by Gasteiger charge is -2.59. The summed E-state index contributed by atoms with van der Waals surface area (Å²) >= 11 is 0. The summed E-state index contributed by atoms with van der Waals surface area (Å²) in [5, 5.41) is 2.65. The van der Waals surface area contributed by atoms with E-state index >= 15 is 0 Å². The number of nitrogens with one attached hydrogen (secondary N) is 1. The van der Waals surface area contributed by atoms with Crippen LogP contribution in [0.5, 0.6) is 0 Å². The lowest BCUT2D eigenvalue weighted by atomic mass is 9.58. The van der Waals surface area contributed by atoms with Gasteiger partial charge in [-0.25, -0.2) is 14.6 Å². The smallest absolute Gasteiger partial charge is 0.333 e. The zero-order valence-electron chi connectivity index (χ0n) is 22.3. The average molecular weight is 532 g/mol. The first-order valence-corrected chi connectivity index (χ1v) is 13.5. The number of ether oxygens (including phenoxy) is 4. The molecule has 5 aliphatic rings. The van der Waals surface area contributed by atoms with Crippen LogP contribution in [0.15, 0.2) is 30.3 Å². The van der Waals surface area contributed by atoms with Crippen LogP contribution in [0.25, 0.3) is 0 Å². The zero-order chi connectivity index (χ0) is 27.1. The molecule has 4 aliphatic heterocycles. The third-order valence-electron chi connectivity index (χ3n) is 8.78. The van der Waals surface area contributed by atoms with Crippen LogP contribution >= 0.6 is 0 Å². The minimum Gasteiger partial charge on any atom is -0.467 e. The quantitative estimate of drug-likeness (QED) is 0.416. The summed E-state index contributed by atoms with van der Waals surface area (Å²) in [6, 6.07) is 7.82. The number of fused-ring (bicyclic) bond motifs is 2. The van der Waals surface area contributed by atoms with Gasteiger partial charge in [-0.2, -0.15) is 0 Å². The fraction of sp³-hybridized carbons (Fsp3) is 0.679. The number of benzene rings is 1. The van der Waals surface area contributed by atoms with Crippen molar-refractivity contribution in [1.29, 1.82) is 0 Å². The Bertz CT molecular complexity index is 1050. The number of hydrogen-bond donors (Lipinski definition) is 1. The molecule has 0 radical (unpaired) electrons. The SMILES string of the molecule is COC(=O)[C@@H](NC(=O)CCC(=O)O[C@@H]1O[C@@H]2O[C@]3(C)CC[C@H]4[C@H](C)CC[C@@H]([C@H]1C)[C@@]24OO3)c1ccccc1. The van der Waals surface area contributed by atoms with E-state index in [9.17, 15) is 14.4 Å². The molecule has 0 unspecified atom stereocenters. The largest absolute Gasteiger partial charge is 0.467 e. The van der Waals surface area contributed by atoms with E-state index in [2.05, 4.69) is 12.2 Å². The van der Waals surface area contributed by atoms with E-state index in [1.165, 1.54) is 7.11 Å². The van der Waals surface area contributed by atoms with Crippen LogP contribution in [0.3, 0.4) is 0 Å². The van der Waals surface area contributed by atoms with E-state index in [-0.39, 0.29) is 30.6 Å². The van der Waals surface area contributed by atoms with Crippen molar-refractivity contribution in [2.24, 2.45) is 23.7 Å². The topological polar surface area (TPSA) is 119 Å². The molecule has 1 spiro atoms. The predicted octanol–water partition coefficient (Wildman–Crippen LogP) is 3.55. The number of carbonyl (C=O) groups excluding carboxylic acids is 3. The highest BCUT2D eigenvalue weighted by atomic mass is 17.3. The first-order chi connectivity index (χ1) is 18.2. The molecule has 6 rings (SSSR count). The molecule has 4 saturated heterocycles. The number of amides is 1. The maximum absolute atomic E-state index is 12.8. The minimum atomic E-state index is -0.962. The third kappa shape index (κ3) is 4.83. The normalized spacial score (nSPS) is 38.3. The first kappa shape index (κ1) is 27.1. The van der Waals surface area contributed by atoms with Gasteiger partial charge in [0.05, 0.1) is 13.5 Å². The Morgan fingerprint density at radius 3 is 2.55 bits per heavy atom. The number of carbonyl (C=O) groups is 3. The molecule has 1 amide bonds. The number of methoxy groups -OCH3 is 1. The first-order valence-electron chi connectivity index (χ1n) is 13.5. The summed E-state index contributed by atoms with van der Waals surface area (Å²) in [7, 11) is 1.26. The highest BCUT2D eigenvalue weighted by Crippen LogP contribution is 2.60. The molecule has 0 aromatic heterocycles. The molecule has 10 nitrogen and oxygen atoms in total. The van der Waals surface area contributed by atoms with Crippen molar-refractivity contribution < 1.29 is 43.1 Å². The molecule has 1 saturated carbocycles. The molecule has 1 aromatic rings. The van der Waals surface area contributed by atoms with Crippen molar-refractivity contribution in [3.05, 3.63) is 35.9 Å². The van der Waals surface area contributed by atoms with E-state index in [0.29, 0.717) is 17.9 Å². The van der Waals surface area contributed by atoms with Crippen molar-refractivity contribution in [2.45, 2.75) is 89.3 Å². The van der Waals surface area contributed by atoms with Crippen LogP contribution in [-0.4, -0.2) is 48.9 Å². The van der Waals surface area contributed by atoms with E-state index < -0.39 is 47.9 Å². The second kappa shape index (κ2) is 10.6. The Morgan fingerprint density at radius 2 is 1.82 bits per heavy atom. The molecular weight excluding hydrogens is 494 g/mol. The van der Waals surface area contributed by atoms with Crippen LogP contribution in [0, 0.1) is 23.7 Å². The fourth-order valence-electron chi connectivity index (χ4n) is 6.69. The lowest BCUT2D eigenvalue weighted by molar-refractivity contribution is -0.576. The standard InChI is InChI=1S/C28H37NO9/c1-16-10-11-20-17(2)25(35-26-28(20)19(16)14-15-27(3,36-26)37-38-28)34-22(31)13-12-21(30)29-23(24(32)33-4)18-8-6-5-7-9-18/h5-9,16-17,19-20,23,25-26H,10-15H2,1-4H3,(H,29,30)/t16-,17-,19+,20+,23+,25-,26-,27+,28-/m1/s1. The van der Waals surface area contributed by atoms with Crippen molar-refractivity contribution in [3.63, 3.8) is 0 Å². The van der Waals surface area contributed by atoms with Crippen LogP contribution in [-0.2, 0) is 43.1 Å². The van der Waals surface area contributed by atoms with Crippen molar-refractivity contribution in [1.82, 2.24) is 5.32 Å². The molecule has 2 bridgehead atoms. The van der Waals surface area contributed by atoms with Crippen molar-refractivity contribution in [2.75, 3.05) is 7.11 Å². The van der Waals surface area contributed by atoms with Gasteiger partial charge in [0, 0.05) is 24.7 Å². The Balaban J connectivity index is 1.21. The monoisotopic (exact) mass is 531 g/mol. The van der Waals surface area contributed by atoms with E-state index in [4.69, 9.17) is 28.7 Å². The van der Waals surface area contributed by atoms with E-state index in [1.807, 2.05) is 19.9 Å². The van der Waals surface area contributed by atoms with Gasteiger partial charge in [0.2, 0.25) is 18.0 Å². The van der Waals surface area contributed by atoms with Gasteiger partial charge < -0.3 is 24.3 Å². The molecule has 208 valence electrons. The molecule has 9 atom stereocenters. The molecule has 5 fully saturated rings. The summed E-state index contributed by atoms with van der Waals surface area (Å²) < 4.78 is 23.1. The van der Waals surface area contributed by atoms with Gasteiger partial charge in [0.25, 0.3) is 0 Å². The molecule has 10 heteroatoms. The van der Waals surface area contributed by atoms with Crippen molar-refractivity contribution >= 4 is 17.8 Å². The van der Waals surface area contributed by atoms with Crippen LogP contribution in [0.4, 0.5) is 0 Å². The van der Waals surface area contributed by atoms with Crippen LogP contribution < -0.4 is 5.32 Å². The maximum atomic E-state index is 12.8. The zero-order valence-corrected chi connectivity index (χ0v) is 22.3. The average Bonchev–Trinajstić information content (AvgIpc) is 3.14. The predicted molar refractivity (Wildman–Crippen MR) is 131 cm³/mol. The van der Waals surface area contributed by atoms with E-state index in [0.717, 1.165) is 19.3 Å². The van der Waals surface area contributed by atoms with Gasteiger partial charge in [-0.3, -0.25) is 9.59 Å². The number of rotatable bonds is 7. The molecule has 38 heavy (non-hydrogen) atoms. The highest BCUT2D eigenvalue weighted by Gasteiger charge is 2.69. The number of hydrogen-bond acceptors (Lipinski definition) is 9. The summed E-state index contributed by atoms with van der Waals surface area (Å²) in [5.74, 6) is -2.03. The van der Waals surface area contributed by atoms with E-state index in [1.54, 1.807) is 24.3 Å². The molecule has 1 N–H and O–H groups in total. The Kier molecular flexibility index (Phi) is 7.52. The summed E-state index contributed by atoms with van der Waals surface area (Å²) in [6.45, 7) is 6.08. The van der Waals surface area contributed by atoms with Crippen LogP contribution in [0.1, 0.15) is 70.9 Å². The Hall–Kier alpha value is -2.53. The molecular formula is C28H37NO9. The highest BCUT2D eigenvalue weighted by molar-refractivity contribution is 5.87. The van der Waals surface area contributed by atoms with Gasteiger partial charge in [0.1, 0.15) is 0 Å². The lowest BCUT2D eigenvalue weighted by Crippen LogP contribution is -2.70. The van der Waals surface area contributed by atoms with Crippen LogP contribution in [0.2, 0.25) is 0 Å². The maximum Gasteiger partial charge on any atom is 0.333 e. The van der Waals surface area contributed by atoms with Gasteiger partial charge in [0.15, 0.2) is 17.9 Å². The Labute approximate surface area is 222 Å². The molecule has 4 heterocycles. The fourth-order valence-corrected chi connectivity index (χ4v) is 6.69. The van der Waals surface area contributed by atoms with Gasteiger partial charge in [-0.15, -0.1) is 0 Å². The third-order valence-corrected chi connectivity index (χ3v) is 8.78. The summed E-state index contributed by atoms with van der Waals surface area (Å²) in [6.07, 6.45) is 1.66. The van der Waals surface area contributed by atoms with Gasteiger partial charge in [-0.05, 0) is 43.6 Å². The second-order valence-electron chi connectivity index (χ2n) is 11.2. The summed E-state index contributed by atoms with van der Waals surface area (Å²) in [5.41, 5.74) is -0.151. The molecule has 1 aromatic carbocycles. The second-order valence-corrected chi connectivity index (χ2v) is 11.2. The van der Waals surface area contributed by atoms with Crippen molar-refractivity contribution in [3.8, 4) is 0 Å².